The van der Waals surface area contributed by atoms with Gasteiger partial charge in [-0.15, -0.1) is 0 Å². The maximum absolute atomic E-state index is 11.3. The maximum atomic E-state index is 11.3. The number of hydrogen-bond donors (Lipinski definition) is 2. The molecule has 0 saturated heterocycles. The van der Waals surface area contributed by atoms with E-state index in [4.69, 9.17) is 10.8 Å². The van der Waals surface area contributed by atoms with Crippen molar-refractivity contribution in [1.29, 1.82) is 0 Å². The smallest absolute Gasteiger partial charge is 0.335 e. The minimum Gasteiger partial charge on any atom is -0.478 e. The molecular formula is C11H13NO3. The summed E-state index contributed by atoms with van der Waals surface area (Å²) >= 11 is 0. The largest absolute Gasteiger partial charge is 0.478 e. The number of aromatic carboxylic acids is 1. The lowest BCUT2D eigenvalue weighted by molar-refractivity contribution is 0.0697. The molecule has 0 heterocycles. The molecule has 0 amide bonds. The number of carbonyl (C=O) groups is 2. The molecule has 0 saturated carbocycles. The molecule has 0 bridgehead atoms. The summed E-state index contributed by atoms with van der Waals surface area (Å²) in [7, 11) is 0. The molecule has 0 unspecified atom stereocenters. The van der Waals surface area contributed by atoms with Gasteiger partial charge in [0.1, 0.15) is 0 Å². The number of Topliss-reactive ketones (excluding diaryl/α,β-unsaturated/α-hetero) is 1. The summed E-state index contributed by atoms with van der Waals surface area (Å²) < 4.78 is 0. The van der Waals surface area contributed by atoms with Crippen molar-refractivity contribution in [2.45, 2.75) is 13.3 Å². The Hall–Kier alpha value is -1.68. The Morgan fingerprint density at radius 2 is 2.07 bits per heavy atom. The van der Waals surface area contributed by atoms with Crippen LogP contribution in [0.5, 0.6) is 0 Å². The van der Waals surface area contributed by atoms with Crippen LogP contribution in [-0.2, 0) is 6.42 Å². The quantitative estimate of drug-likeness (QED) is 0.724. The van der Waals surface area contributed by atoms with E-state index in [-0.39, 0.29) is 11.3 Å². The van der Waals surface area contributed by atoms with Crippen molar-refractivity contribution < 1.29 is 14.7 Å². The molecule has 0 aliphatic carbocycles. The average Bonchev–Trinajstić information content (AvgIpc) is 2.18. The SMILES string of the molecule is CC(=O)c1cc(C(=O)O)ccc1CCN. The summed E-state index contributed by atoms with van der Waals surface area (Å²) in [4.78, 5) is 22.0. The summed E-state index contributed by atoms with van der Waals surface area (Å²) in [6.07, 6.45) is 0.578. The third-order valence-corrected chi connectivity index (χ3v) is 2.15. The van der Waals surface area contributed by atoms with Crippen LogP contribution in [-0.4, -0.2) is 23.4 Å². The monoisotopic (exact) mass is 207 g/mol. The number of hydrogen-bond acceptors (Lipinski definition) is 3. The highest BCUT2D eigenvalue weighted by atomic mass is 16.4. The van der Waals surface area contributed by atoms with Crippen LogP contribution in [0.2, 0.25) is 0 Å². The van der Waals surface area contributed by atoms with Gasteiger partial charge in [-0.1, -0.05) is 6.07 Å². The first-order valence-corrected chi connectivity index (χ1v) is 4.63. The van der Waals surface area contributed by atoms with E-state index < -0.39 is 5.97 Å². The Kier molecular flexibility index (Phi) is 3.57. The lowest BCUT2D eigenvalue weighted by Gasteiger charge is -2.06. The molecule has 15 heavy (non-hydrogen) atoms. The molecule has 0 radical (unpaired) electrons. The van der Waals surface area contributed by atoms with E-state index in [1.807, 2.05) is 0 Å². The zero-order chi connectivity index (χ0) is 11.4. The van der Waals surface area contributed by atoms with Crippen LogP contribution in [0.25, 0.3) is 0 Å². The van der Waals surface area contributed by atoms with Crippen molar-refractivity contribution in [1.82, 2.24) is 0 Å². The molecule has 4 nitrogen and oxygen atoms in total. The van der Waals surface area contributed by atoms with E-state index >= 15 is 0 Å². The number of carboxylic acid groups (broad SMARTS) is 1. The topological polar surface area (TPSA) is 80.4 Å². The zero-order valence-electron chi connectivity index (χ0n) is 8.49. The van der Waals surface area contributed by atoms with Gasteiger partial charge in [0, 0.05) is 5.56 Å². The van der Waals surface area contributed by atoms with Gasteiger partial charge in [-0.25, -0.2) is 4.79 Å². The van der Waals surface area contributed by atoms with Crippen molar-refractivity contribution >= 4 is 11.8 Å². The molecule has 0 atom stereocenters. The lowest BCUT2D eigenvalue weighted by Crippen LogP contribution is -2.09. The van der Waals surface area contributed by atoms with Crippen molar-refractivity contribution in [3.63, 3.8) is 0 Å². The first-order valence-electron chi connectivity index (χ1n) is 4.63. The molecule has 1 aromatic carbocycles. The van der Waals surface area contributed by atoms with E-state index in [0.717, 1.165) is 5.56 Å². The van der Waals surface area contributed by atoms with Gasteiger partial charge < -0.3 is 10.8 Å². The molecular weight excluding hydrogens is 194 g/mol. The number of carboxylic acids is 1. The summed E-state index contributed by atoms with van der Waals surface area (Å²) in [6, 6.07) is 4.53. The molecule has 0 aliphatic heterocycles. The van der Waals surface area contributed by atoms with Gasteiger partial charge in [0.05, 0.1) is 5.56 Å². The highest BCUT2D eigenvalue weighted by Crippen LogP contribution is 2.13. The van der Waals surface area contributed by atoms with Crippen LogP contribution < -0.4 is 5.73 Å². The van der Waals surface area contributed by atoms with Crippen molar-refractivity contribution in [3.05, 3.63) is 34.9 Å². The van der Waals surface area contributed by atoms with Gasteiger partial charge in [-0.2, -0.15) is 0 Å². The number of carbonyl (C=O) groups excluding carboxylic acids is 1. The van der Waals surface area contributed by atoms with Gasteiger partial charge in [-0.05, 0) is 37.6 Å². The summed E-state index contributed by atoms with van der Waals surface area (Å²) in [5, 5.41) is 8.78. The molecule has 1 rings (SSSR count). The summed E-state index contributed by atoms with van der Waals surface area (Å²) in [6.45, 7) is 1.85. The van der Waals surface area contributed by atoms with Crippen LogP contribution >= 0.6 is 0 Å². The second-order valence-electron chi connectivity index (χ2n) is 3.27. The second kappa shape index (κ2) is 4.70. The van der Waals surface area contributed by atoms with Crippen molar-refractivity contribution in [2.75, 3.05) is 6.54 Å². The molecule has 0 aliphatic rings. The van der Waals surface area contributed by atoms with E-state index in [9.17, 15) is 9.59 Å². The number of benzene rings is 1. The summed E-state index contributed by atoms with van der Waals surface area (Å²) in [5.41, 5.74) is 6.77. The Bertz CT molecular complexity index is 399. The normalized spacial score (nSPS) is 10.0. The molecule has 4 heteroatoms. The molecule has 0 aromatic heterocycles. The second-order valence-corrected chi connectivity index (χ2v) is 3.27. The van der Waals surface area contributed by atoms with Gasteiger partial charge in [0.25, 0.3) is 0 Å². The number of ketones is 1. The van der Waals surface area contributed by atoms with E-state index in [1.165, 1.54) is 19.1 Å². The predicted molar refractivity (Wildman–Crippen MR) is 56.2 cm³/mol. The van der Waals surface area contributed by atoms with E-state index in [1.54, 1.807) is 6.07 Å². The minimum atomic E-state index is -1.03. The van der Waals surface area contributed by atoms with Crippen LogP contribution in [0.3, 0.4) is 0 Å². The Labute approximate surface area is 87.7 Å². The first kappa shape index (κ1) is 11.4. The highest BCUT2D eigenvalue weighted by molar-refractivity contribution is 5.98. The molecule has 3 N–H and O–H groups in total. The van der Waals surface area contributed by atoms with Crippen molar-refractivity contribution in [3.8, 4) is 0 Å². The predicted octanol–water partition coefficient (Wildman–Crippen LogP) is 1.09. The van der Waals surface area contributed by atoms with E-state index in [2.05, 4.69) is 0 Å². The fraction of sp³-hybridized carbons (Fsp3) is 0.273. The minimum absolute atomic E-state index is 0.126. The summed E-state index contributed by atoms with van der Waals surface area (Å²) in [5.74, 6) is -1.17. The molecule has 80 valence electrons. The highest BCUT2D eigenvalue weighted by Gasteiger charge is 2.10. The van der Waals surface area contributed by atoms with E-state index in [0.29, 0.717) is 18.5 Å². The fourth-order valence-corrected chi connectivity index (χ4v) is 1.41. The fourth-order valence-electron chi connectivity index (χ4n) is 1.41. The Morgan fingerprint density at radius 1 is 1.40 bits per heavy atom. The lowest BCUT2D eigenvalue weighted by atomic mass is 9.99. The molecule has 0 fully saturated rings. The maximum Gasteiger partial charge on any atom is 0.335 e. The van der Waals surface area contributed by atoms with Crippen LogP contribution in [0.1, 0.15) is 33.2 Å². The van der Waals surface area contributed by atoms with Gasteiger partial charge in [0.15, 0.2) is 5.78 Å². The zero-order valence-corrected chi connectivity index (χ0v) is 8.49. The average molecular weight is 207 g/mol. The van der Waals surface area contributed by atoms with Gasteiger partial charge in [0.2, 0.25) is 0 Å². The number of nitrogens with two attached hydrogens (primary N) is 1. The molecule has 1 aromatic rings. The number of rotatable bonds is 4. The first-order chi connectivity index (χ1) is 7.06. The van der Waals surface area contributed by atoms with Crippen LogP contribution in [0.4, 0.5) is 0 Å². The molecule has 0 spiro atoms. The third-order valence-electron chi connectivity index (χ3n) is 2.15. The standard InChI is InChI=1S/C11H13NO3/c1-7(13)10-6-9(11(14)15)3-2-8(10)4-5-12/h2-3,6H,4-5,12H2,1H3,(H,14,15). The van der Waals surface area contributed by atoms with Gasteiger partial charge >= 0.3 is 5.97 Å². The Balaban J connectivity index is 3.20. The van der Waals surface area contributed by atoms with Crippen molar-refractivity contribution in [2.24, 2.45) is 5.73 Å². The van der Waals surface area contributed by atoms with Crippen LogP contribution in [0, 0.1) is 0 Å². The Morgan fingerprint density at radius 3 is 2.53 bits per heavy atom. The van der Waals surface area contributed by atoms with Gasteiger partial charge in [-0.3, -0.25) is 4.79 Å². The van der Waals surface area contributed by atoms with Crippen LogP contribution in [0.15, 0.2) is 18.2 Å². The third kappa shape index (κ3) is 2.63.